The number of pyridine rings is 1. The number of hydrogen-bond donors (Lipinski definition) is 1. The lowest BCUT2D eigenvalue weighted by molar-refractivity contribution is 0.300. The Hall–Kier alpha value is -3.27. The van der Waals surface area contributed by atoms with Crippen LogP contribution in [-0.2, 0) is 0 Å². The molecule has 0 saturated heterocycles. The van der Waals surface area contributed by atoms with Gasteiger partial charge in [0, 0.05) is 28.7 Å². The average Bonchev–Trinajstić information content (AvgIpc) is 2.77. The van der Waals surface area contributed by atoms with Crippen LogP contribution in [0, 0.1) is 0 Å². The van der Waals surface area contributed by atoms with E-state index in [2.05, 4.69) is 15.1 Å². The zero-order chi connectivity index (χ0) is 15.6. The van der Waals surface area contributed by atoms with Crippen molar-refractivity contribution in [3.05, 3.63) is 78.5 Å². The Balaban J connectivity index is 2.32. The van der Waals surface area contributed by atoms with E-state index in [9.17, 15) is 5.21 Å². The molecule has 110 valence electrons. The lowest BCUT2D eigenvalue weighted by atomic mass is 10.0. The molecule has 0 unspecified atom stereocenters. The van der Waals surface area contributed by atoms with Crippen molar-refractivity contribution in [2.75, 3.05) is 0 Å². The first kappa shape index (κ1) is 13.4. The van der Waals surface area contributed by atoms with Gasteiger partial charge in [0.15, 0.2) is 0 Å². The molecule has 0 amide bonds. The Kier molecular flexibility index (Phi) is 3.20. The molecule has 4 nitrogen and oxygen atoms in total. The Morgan fingerprint density at radius 1 is 0.739 bits per heavy atom. The fraction of sp³-hybridized carbons (Fsp3) is 0. The normalized spacial score (nSPS) is 11.9. The summed E-state index contributed by atoms with van der Waals surface area (Å²) in [5.41, 5.74) is 2.02. The van der Waals surface area contributed by atoms with Crippen molar-refractivity contribution in [1.29, 1.82) is 0 Å². The fourth-order valence-corrected chi connectivity index (χ4v) is 2.85. The van der Waals surface area contributed by atoms with Gasteiger partial charge in [-0.2, -0.15) is 0 Å². The number of nitrogens with zero attached hydrogens (tertiary/aromatic N) is 3. The van der Waals surface area contributed by atoms with E-state index < -0.39 is 0 Å². The maximum Gasteiger partial charge on any atom is 0.201 e. The van der Waals surface area contributed by atoms with Crippen molar-refractivity contribution in [2.45, 2.75) is 0 Å². The smallest absolute Gasteiger partial charge is 0.201 e. The van der Waals surface area contributed by atoms with Crippen LogP contribution in [0.25, 0.3) is 32.8 Å². The Bertz CT molecular complexity index is 1080. The van der Waals surface area contributed by atoms with Gasteiger partial charge in [-0.3, -0.25) is 4.98 Å². The molecule has 4 rings (SSSR count). The van der Waals surface area contributed by atoms with E-state index in [1.807, 2.05) is 60.7 Å². The van der Waals surface area contributed by atoms with E-state index in [-0.39, 0.29) is 5.49 Å². The Morgan fingerprint density at radius 2 is 1.43 bits per heavy atom. The highest BCUT2D eigenvalue weighted by atomic mass is 16.4. The second kappa shape index (κ2) is 5.50. The molecule has 0 aliphatic carbocycles. The van der Waals surface area contributed by atoms with Crippen LogP contribution in [0.15, 0.2) is 78.2 Å². The van der Waals surface area contributed by atoms with E-state index in [1.54, 1.807) is 12.4 Å². The standard InChI is InChI=1S/C19H13N3O/c23-22-19-17-12-20-11-10-15(17)14-8-4-5-9-16(14)18(21-19)13-6-2-1-3-7-13/h1-12,23H. The maximum atomic E-state index is 9.46. The van der Waals surface area contributed by atoms with Gasteiger partial charge in [0.2, 0.25) is 5.49 Å². The second-order valence-corrected chi connectivity index (χ2v) is 5.22. The summed E-state index contributed by atoms with van der Waals surface area (Å²) >= 11 is 0. The predicted molar refractivity (Wildman–Crippen MR) is 89.8 cm³/mol. The summed E-state index contributed by atoms with van der Waals surface area (Å²) in [7, 11) is 0. The van der Waals surface area contributed by atoms with Gasteiger partial charge in [-0.1, -0.05) is 59.8 Å². The van der Waals surface area contributed by atoms with Crippen LogP contribution in [0.3, 0.4) is 0 Å². The largest absolute Gasteiger partial charge is 0.409 e. The molecule has 2 aromatic carbocycles. The number of benzene rings is 2. The monoisotopic (exact) mass is 299 g/mol. The van der Waals surface area contributed by atoms with E-state index >= 15 is 0 Å². The molecule has 23 heavy (non-hydrogen) atoms. The number of hydrogen-bond acceptors (Lipinski definition) is 4. The van der Waals surface area contributed by atoms with Crippen LogP contribution in [0.1, 0.15) is 0 Å². The van der Waals surface area contributed by atoms with E-state index in [0.29, 0.717) is 5.39 Å². The van der Waals surface area contributed by atoms with E-state index in [0.717, 1.165) is 27.4 Å². The highest BCUT2D eigenvalue weighted by molar-refractivity contribution is 6.09. The maximum absolute atomic E-state index is 9.46. The molecule has 0 saturated carbocycles. The van der Waals surface area contributed by atoms with Crippen LogP contribution in [0.2, 0.25) is 0 Å². The third-order valence-electron chi connectivity index (χ3n) is 3.89. The molecular formula is C19H13N3O. The van der Waals surface area contributed by atoms with Gasteiger partial charge < -0.3 is 5.21 Å². The zero-order valence-electron chi connectivity index (χ0n) is 12.2. The van der Waals surface area contributed by atoms with Crippen LogP contribution < -0.4 is 5.49 Å². The summed E-state index contributed by atoms with van der Waals surface area (Å²) in [6.45, 7) is 0. The quantitative estimate of drug-likeness (QED) is 0.430. The minimum atomic E-state index is 0.267. The number of fused-ring (bicyclic) bond motifs is 3. The molecule has 0 bridgehead atoms. The van der Waals surface area contributed by atoms with Crippen molar-refractivity contribution in [1.82, 2.24) is 9.97 Å². The lowest BCUT2D eigenvalue weighted by Crippen LogP contribution is -2.06. The molecular weight excluding hydrogens is 286 g/mol. The van der Waals surface area contributed by atoms with Crippen molar-refractivity contribution in [3.63, 3.8) is 0 Å². The van der Waals surface area contributed by atoms with Crippen molar-refractivity contribution >= 4 is 21.5 Å². The molecule has 4 aromatic rings. The average molecular weight is 299 g/mol. The SMILES string of the molecule is ON=c1nc(-c2ccccc2)c2ccccc2c2ccncc12. The summed E-state index contributed by atoms with van der Waals surface area (Å²) in [6.07, 6.45) is 3.41. The molecule has 0 radical (unpaired) electrons. The summed E-state index contributed by atoms with van der Waals surface area (Å²) in [5, 5.41) is 16.6. The summed E-state index contributed by atoms with van der Waals surface area (Å²) in [6, 6.07) is 19.9. The van der Waals surface area contributed by atoms with Gasteiger partial charge in [0.25, 0.3) is 0 Å². The summed E-state index contributed by atoms with van der Waals surface area (Å²) in [4.78, 5) is 8.77. The first-order valence-corrected chi connectivity index (χ1v) is 7.29. The molecule has 2 aromatic heterocycles. The fourth-order valence-electron chi connectivity index (χ4n) is 2.85. The van der Waals surface area contributed by atoms with Crippen LogP contribution in [-0.4, -0.2) is 15.2 Å². The van der Waals surface area contributed by atoms with Gasteiger partial charge in [-0.15, -0.1) is 0 Å². The molecule has 0 atom stereocenters. The third kappa shape index (κ3) is 2.21. The van der Waals surface area contributed by atoms with Crippen LogP contribution >= 0.6 is 0 Å². The molecule has 4 heteroatoms. The van der Waals surface area contributed by atoms with E-state index in [4.69, 9.17) is 0 Å². The van der Waals surface area contributed by atoms with Gasteiger partial charge in [-0.05, 0) is 16.8 Å². The highest BCUT2D eigenvalue weighted by Gasteiger charge is 2.09. The van der Waals surface area contributed by atoms with Crippen LogP contribution in [0.5, 0.6) is 0 Å². The topological polar surface area (TPSA) is 58.4 Å². The minimum absolute atomic E-state index is 0.267. The Labute approximate surface area is 132 Å². The van der Waals surface area contributed by atoms with Gasteiger partial charge in [0.1, 0.15) is 0 Å². The molecule has 2 heterocycles. The number of aromatic nitrogens is 2. The summed E-state index contributed by atoms with van der Waals surface area (Å²) in [5.74, 6) is 0. The lowest BCUT2D eigenvalue weighted by Gasteiger charge is -2.02. The highest BCUT2D eigenvalue weighted by Crippen LogP contribution is 2.28. The first-order chi connectivity index (χ1) is 11.4. The van der Waals surface area contributed by atoms with Crippen LogP contribution in [0.4, 0.5) is 0 Å². The predicted octanol–water partition coefficient (Wildman–Crippen LogP) is 3.74. The van der Waals surface area contributed by atoms with Crippen molar-refractivity contribution in [2.24, 2.45) is 5.16 Å². The van der Waals surface area contributed by atoms with Crippen molar-refractivity contribution in [3.8, 4) is 11.3 Å². The summed E-state index contributed by atoms with van der Waals surface area (Å²) < 4.78 is 0. The third-order valence-corrected chi connectivity index (χ3v) is 3.89. The molecule has 0 aliphatic rings. The van der Waals surface area contributed by atoms with Crippen molar-refractivity contribution < 1.29 is 5.21 Å². The van der Waals surface area contributed by atoms with Gasteiger partial charge >= 0.3 is 0 Å². The second-order valence-electron chi connectivity index (χ2n) is 5.22. The molecule has 0 fully saturated rings. The first-order valence-electron chi connectivity index (χ1n) is 7.29. The number of rotatable bonds is 1. The van der Waals surface area contributed by atoms with Gasteiger partial charge in [0.05, 0.1) is 5.69 Å². The molecule has 1 N–H and O–H groups in total. The van der Waals surface area contributed by atoms with Gasteiger partial charge in [-0.25, -0.2) is 4.98 Å². The molecule has 0 aliphatic heterocycles. The molecule has 0 spiro atoms. The zero-order valence-corrected chi connectivity index (χ0v) is 12.2. The minimum Gasteiger partial charge on any atom is -0.409 e. The Morgan fingerprint density at radius 3 is 2.22 bits per heavy atom. The van der Waals surface area contributed by atoms with E-state index in [1.165, 1.54) is 0 Å².